The Balaban J connectivity index is 1.86. The van der Waals surface area contributed by atoms with E-state index in [-0.39, 0.29) is 63.7 Å². The molecule has 12 heteroatoms. The van der Waals surface area contributed by atoms with Crippen LogP contribution in [0.1, 0.15) is 22.6 Å². The fraction of sp³-hybridized carbons (Fsp3) is 0.172. The van der Waals surface area contributed by atoms with Crippen LogP contribution >= 0.6 is 23.2 Å². The van der Waals surface area contributed by atoms with E-state index in [2.05, 4.69) is 0 Å². The van der Waals surface area contributed by atoms with E-state index in [0.29, 0.717) is 0 Å². The van der Waals surface area contributed by atoms with E-state index in [1.807, 2.05) is 0 Å². The Bertz CT molecular complexity index is 1800. The van der Waals surface area contributed by atoms with E-state index in [9.17, 15) is 29.9 Å². The molecule has 2 N–H and O–H groups in total. The van der Waals surface area contributed by atoms with Gasteiger partial charge in [-0.1, -0.05) is 30.3 Å². The van der Waals surface area contributed by atoms with Gasteiger partial charge in [-0.25, -0.2) is 9.59 Å². The maximum atomic E-state index is 13.4. The maximum absolute atomic E-state index is 13.4. The molecule has 2 aromatic heterocycles. The van der Waals surface area contributed by atoms with Crippen molar-refractivity contribution in [2.75, 3.05) is 29.7 Å². The molecule has 0 saturated heterocycles. The summed E-state index contributed by atoms with van der Waals surface area (Å²) in [6.07, 6.45) is 0. The minimum Gasteiger partial charge on any atom is -0.507 e. The lowest BCUT2D eigenvalue weighted by atomic mass is 9.84. The van der Waals surface area contributed by atoms with Gasteiger partial charge in [-0.3, -0.25) is 10.1 Å². The first kappa shape index (κ1) is 28.0. The largest absolute Gasteiger partial charge is 0.507 e. The molecule has 0 aliphatic rings. The van der Waals surface area contributed by atoms with Crippen molar-refractivity contribution in [2.45, 2.75) is 5.92 Å². The number of alkyl halides is 2. The van der Waals surface area contributed by atoms with Crippen molar-refractivity contribution >= 4 is 56.5 Å². The molecule has 0 aliphatic carbocycles. The monoisotopic (exact) mass is 596 g/mol. The van der Waals surface area contributed by atoms with Crippen LogP contribution in [0.4, 0.5) is 11.4 Å². The van der Waals surface area contributed by atoms with E-state index >= 15 is 0 Å². The van der Waals surface area contributed by atoms with Crippen LogP contribution in [0.2, 0.25) is 0 Å². The number of nitro groups is 1. The van der Waals surface area contributed by atoms with Crippen LogP contribution in [-0.2, 0) is 0 Å². The quantitative estimate of drug-likeness (QED) is 0.0948. The third-order valence-corrected chi connectivity index (χ3v) is 7.13. The highest BCUT2D eigenvalue weighted by Gasteiger charge is 2.34. The normalized spacial score (nSPS) is 11.4. The first-order valence-corrected chi connectivity index (χ1v) is 13.5. The van der Waals surface area contributed by atoms with Gasteiger partial charge in [0.1, 0.15) is 28.4 Å². The number of fused-ring (bicyclic) bond motifs is 2. The van der Waals surface area contributed by atoms with Crippen LogP contribution in [0, 0.1) is 10.1 Å². The number of nitro benzene ring substituents is 1. The Morgan fingerprint density at radius 3 is 1.76 bits per heavy atom. The second-order valence-corrected chi connectivity index (χ2v) is 9.86. The van der Waals surface area contributed by atoms with Crippen LogP contribution in [0.3, 0.4) is 0 Å². The first-order valence-electron chi connectivity index (χ1n) is 12.4. The van der Waals surface area contributed by atoms with Crippen molar-refractivity contribution in [3.8, 4) is 11.5 Å². The van der Waals surface area contributed by atoms with Gasteiger partial charge in [0.25, 0.3) is 5.69 Å². The van der Waals surface area contributed by atoms with Crippen LogP contribution in [0.25, 0.3) is 21.9 Å². The number of rotatable bonds is 9. The molecular formula is C29H22Cl2N2O8. The Morgan fingerprint density at radius 1 is 0.805 bits per heavy atom. The van der Waals surface area contributed by atoms with Gasteiger partial charge >= 0.3 is 11.3 Å². The summed E-state index contributed by atoms with van der Waals surface area (Å²) < 4.78 is 10.9. The molecule has 10 nitrogen and oxygen atoms in total. The summed E-state index contributed by atoms with van der Waals surface area (Å²) in [6, 6.07) is 16.5. The third-order valence-electron chi connectivity index (χ3n) is 6.80. The minimum absolute atomic E-state index is 0.0490. The second kappa shape index (κ2) is 11.5. The summed E-state index contributed by atoms with van der Waals surface area (Å²) in [6.45, 7) is 0.532. The molecule has 2 heterocycles. The lowest BCUT2D eigenvalue weighted by Crippen LogP contribution is -2.28. The predicted molar refractivity (Wildman–Crippen MR) is 156 cm³/mol. The van der Waals surface area contributed by atoms with E-state index in [1.165, 1.54) is 42.5 Å². The summed E-state index contributed by atoms with van der Waals surface area (Å²) in [5, 5.41) is 35.3. The fourth-order valence-electron chi connectivity index (χ4n) is 4.97. The van der Waals surface area contributed by atoms with E-state index in [1.54, 1.807) is 29.2 Å². The summed E-state index contributed by atoms with van der Waals surface area (Å²) in [5.74, 6) is -2.18. The maximum Gasteiger partial charge on any atom is 0.344 e. The number of hydrogen-bond acceptors (Lipinski definition) is 9. The minimum atomic E-state index is -1.51. The van der Waals surface area contributed by atoms with Gasteiger partial charge in [-0.2, -0.15) is 0 Å². The Kier molecular flexibility index (Phi) is 7.87. The van der Waals surface area contributed by atoms with E-state index < -0.39 is 44.7 Å². The topological polar surface area (TPSA) is 147 Å². The zero-order valence-electron chi connectivity index (χ0n) is 21.3. The van der Waals surface area contributed by atoms with Crippen molar-refractivity contribution in [2.24, 2.45) is 0 Å². The smallest absolute Gasteiger partial charge is 0.344 e. The molecule has 0 amide bonds. The summed E-state index contributed by atoms with van der Waals surface area (Å²) in [5.41, 5.74) is -2.73. The van der Waals surface area contributed by atoms with Crippen molar-refractivity contribution in [1.29, 1.82) is 0 Å². The highest BCUT2D eigenvalue weighted by molar-refractivity contribution is 6.18. The molecule has 5 rings (SSSR count). The molecule has 0 aliphatic heterocycles. The lowest BCUT2D eigenvalue weighted by molar-refractivity contribution is -0.384. The summed E-state index contributed by atoms with van der Waals surface area (Å²) in [4.78, 5) is 40.0. The number of nitrogens with zero attached hydrogens (tertiary/aromatic N) is 2. The van der Waals surface area contributed by atoms with Gasteiger partial charge in [0, 0.05) is 30.9 Å². The molecule has 5 aromatic rings. The molecule has 0 unspecified atom stereocenters. The Hall–Kier alpha value is -4.54. The molecule has 0 saturated carbocycles. The van der Waals surface area contributed by atoms with Gasteiger partial charge in [-0.15, -0.1) is 23.2 Å². The fourth-order valence-corrected chi connectivity index (χ4v) is 5.38. The Morgan fingerprint density at radius 2 is 1.29 bits per heavy atom. The van der Waals surface area contributed by atoms with Crippen molar-refractivity contribution in [1.82, 2.24) is 0 Å². The van der Waals surface area contributed by atoms with Crippen molar-refractivity contribution in [3.05, 3.63) is 114 Å². The lowest BCUT2D eigenvalue weighted by Gasteiger charge is -2.24. The van der Waals surface area contributed by atoms with Crippen LogP contribution in [0.5, 0.6) is 11.5 Å². The summed E-state index contributed by atoms with van der Waals surface area (Å²) >= 11 is 11.8. The van der Waals surface area contributed by atoms with Crippen LogP contribution in [-0.4, -0.2) is 40.0 Å². The van der Waals surface area contributed by atoms with E-state index in [0.717, 1.165) is 0 Å². The number of anilines is 1. The number of hydrogen-bond donors (Lipinski definition) is 2. The molecule has 3 aromatic carbocycles. The molecule has 0 spiro atoms. The number of aromatic hydroxyl groups is 2. The first-order chi connectivity index (χ1) is 19.8. The molecule has 210 valence electrons. The molecule has 41 heavy (non-hydrogen) atoms. The van der Waals surface area contributed by atoms with Gasteiger partial charge < -0.3 is 23.9 Å². The molecule has 0 fully saturated rings. The van der Waals surface area contributed by atoms with Gasteiger partial charge in [0.2, 0.25) is 0 Å². The number of benzene rings is 3. The standard InChI is InChI=1S/C29H22Cl2N2O8/c30-11-13-32(14-12-31)19-10-9-16(15-20(19)33(38)39)23(24-26(34)17-5-1-3-7-21(17)40-28(24)36)25-27(35)18-6-2-4-8-22(18)41-29(25)37/h1-10,15,23,34-35H,11-14H2. The van der Waals surface area contributed by atoms with E-state index in [4.69, 9.17) is 32.0 Å². The molecule has 0 radical (unpaired) electrons. The highest BCUT2D eigenvalue weighted by Crippen LogP contribution is 2.43. The highest BCUT2D eigenvalue weighted by atomic mass is 35.5. The van der Waals surface area contributed by atoms with Gasteiger partial charge in [0.05, 0.1) is 32.7 Å². The van der Waals surface area contributed by atoms with Crippen LogP contribution < -0.4 is 16.2 Å². The molecule has 0 atom stereocenters. The zero-order valence-corrected chi connectivity index (χ0v) is 22.8. The van der Waals surface area contributed by atoms with Gasteiger partial charge in [0.15, 0.2) is 0 Å². The predicted octanol–water partition coefficient (Wildman–Crippen LogP) is 5.68. The SMILES string of the molecule is O=c1oc2ccccc2c(O)c1C(c1ccc(N(CCCl)CCCl)c([N+](=O)[O-])c1)c1c(O)c2ccccc2oc1=O. The number of para-hydroxylation sites is 2. The van der Waals surface area contributed by atoms with Gasteiger partial charge in [-0.05, 0) is 35.9 Å². The average Bonchev–Trinajstić information content (AvgIpc) is 2.96. The average molecular weight is 597 g/mol. The second-order valence-electron chi connectivity index (χ2n) is 9.10. The zero-order chi connectivity index (χ0) is 29.3. The van der Waals surface area contributed by atoms with Crippen molar-refractivity contribution in [3.63, 3.8) is 0 Å². The third kappa shape index (κ3) is 5.07. The van der Waals surface area contributed by atoms with Crippen LogP contribution in [0.15, 0.2) is 85.2 Å². The summed E-state index contributed by atoms with van der Waals surface area (Å²) in [7, 11) is 0. The molecule has 0 bridgehead atoms. The molecular weight excluding hydrogens is 575 g/mol. The number of halogens is 2. The van der Waals surface area contributed by atoms with Crippen molar-refractivity contribution < 1.29 is 24.0 Å². The Labute approximate surface area is 241 Å².